The summed E-state index contributed by atoms with van der Waals surface area (Å²) in [7, 11) is 0. The van der Waals surface area contributed by atoms with Crippen LogP contribution in [0.15, 0.2) is 54.9 Å². The van der Waals surface area contributed by atoms with E-state index in [0.717, 1.165) is 23.7 Å². The molecule has 1 aromatic heterocycles. The average molecular weight is 365 g/mol. The van der Waals surface area contributed by atoms with Gasteiger partial charge in [-0.2, -0.15) is 5.10 Å². The molecule has 0 aliphatic carbocycles. The monoisotopic (exact) mass is 364 g/mol. The van der Waals surface area contributed by atoms with E-state index in [2.05, 4.69) is 72.4 Å². The fourth-order valence-corrected chi connectivity index (χ4v) is 4.05. The lowest BCUT2D eigenvalue weighted by Crippen LogP contribution is -2.27. The molecule has 0 saturated carbocycles. The lowest BCUT2D eigenvalue weighted by molar-refractivity contribution is 0.190. The molecule has 4 rings (SSSR count). The van der Waals surface area contributed by atoms with Crippen molar-refractivity contribution in [1.82, 2.24) is 19.2 Å². The maximum atomic E-state index is 5.74. The van der Waals surface area contributed by atoms with Crippen LogP contribution in [0.25, 0.3) is 5.69 Å². The molecular formula is C21H24N4S. The maximum absolute atomic E-state index is 5.74. The molecule has 3 aromatic rings. The average Bonchev–Trinajstić information content (AvgIpc) is 3.26. The predicted octanol–water partition coefficient (Wildman–Crippen LogP) is 4.81. The molecule has 134 valence electrons. The van der Waals surface area contributed by atoms with Gasteiger partial charge in [-0.3, -0.25) is 9.47 Å². The van der Waals surface area contributed by atoms with Gasteiger partial charge in [-0.15, -0.1) is 0 Å². The Morgan fingerprint density at radius 1 is 1.12 bits per heavy atom. The summed E-state index contributed by atoms with van der Waals surface area (Å²) >= 11 is 5.74. The van der Waals surface area contributed by atoms with Crippen molar-refractivity contribution in [2.75, 3.05) is 6.54 Å². The first-order valence-corrected chi connectivity index (χ1v) is 9.55. The summed E-state index contributed by atoms with van der Waals surface area (Å²) < 4.78 is 4.71. The summed E-state index contributed by atoms with van der Waals surface area (Å²) in [5.41, 5.74) is 4.92. The van der Waals surface area contributed by atoms with Crippen LogP contribution in [0.3, 0.4) is 0 Å². The predicted molar refractivity (Wildman–Crippen MR) is 107 cm³/mol. The third-order valence-electron chi connectivity index (χ3n) is 5.22. The molecule has 0 N–H and O–H groups in total. The molecule has 0 bridgehead atoms. The molecule has 0 spiro atoms. The molecule has 2 heterocycles. The summed E-state index contributed by atoms with van der Waals surface area (Å²) in [5, 5.41) is 4.59. The van der Waals surface area contributed by atoms with E-state index >= 15 is 0 Å². The van der Waals surface area contributed by atoms with E-state index in [-0.39, 0.29) is 0 Å². The number of rotatable bonds is 4. The van der Waals surface area contributed by atoms with Crippen LogP contribution in [0.2, 0.25) is 0 Å². The molecule has 1 aliphatic heterocycles. The Balaban J connectivity index is 1.61. The van der Waals surface area contributed by atoms with Gasteiger partial charge in [-0.25, -0.2) is 4.68 Å². The van der Waals surface area contributed by atoms with E-state index in [1.807, 2.05) is 15.6 Å². The van der Waals surface area contributed by atoms with Crippen molar-refractivity contribution in [2.24, 2.45) is 0 Å². The Morgan fingerprint density at radius 2 is 1.92 bits per heavy atom. The molecule has 1 atom stereocenters. The molecule has 0 amide bonds. The van der Waals surface area contributed by atoms with Crippen LogP contribution in [0, 0.1) is 18.6 Å². The summed E-state index contributed by atoms with van der Waals surface area (Å²) in [6.07, 6.45) is 4.25. The summed E-state index contributed by atoms with van der Waals surface area (Å²) in [6, 6.07) is 17.6. The van der Waals surface area contributed by atoms with Crippen LogP contribution in [0.4, 0.5) is 0 Å². The second-order valence-corrected chi connectivity index (χ2v) is 7.46. The first-order valence-electron chi connectivity index (χ1n) is 9.14. The van der Waals surface area contributed by atoms with Gasteiger partial charge in [-0.05, 0) is 61.7 Å². The van der Waals surface area contributed by atoms with Crippen molar-refractivity contribution < 1.29 is 0 Å². The Kier molecular flexibility index (Phi) is 4.74. The van der Waals surface area contributed by atoms with E-state index in [9.17, 15) is 0 Å². The van der Waals surface area contributed by atoms with Crippen molar-refractivity contribution in [3.63, 3.8) is 0 Å². The number of likely N-dealkylation sites (tertiary alicyclic amines) is 1. The van der Waals surface area contributed by atoms with Crippen molar-refractivity contribution >= 4 is 12.2 Å². The van der Waals surface area contributed by atoms with Gasteiger partial charge in [0.05, 0.1) is 12.4 Å². The molecule has 0 radical (unpaired) electrons. The lowest BCUT2D eigenvalue weighted by atomic mass is 10.1. The van der Waals surface area contributed by atoms with Crippen molar-refractivity contribution in [1.29, 1.82) is 0 Å². The van der Waals surface area contributed by atoms with Crippen LogP contribution >= 0.6 is 12.2 Å². The van der Waals surface area contributed by atoms with Crippen LogP contribution < -0.4 is 0 Å². The minimum Gasteiger partial charge on any atom is -0.277 e. The minimum atomic E-state index is 0.448. The van der Waals surface area contributed by atoms with Gasteiger partial charge in [0.25, 0.3) is 0 Å². The van der Waals surface area contributed by atoms with Gasteiger partial charge in [0, 0.05) is 12.6 Å². The van der Waals surface area contributed by atoms with E-state index in [0.29, 0.717) is 6.04 Å². The Bertz CT molecular complexity index is 958. The number of nitrogens with zero attached hydrogens (tertiary/aromatic N) is 4. The van der Waals surface area contributed by atoms with Crippen molar-refractivity contribution in [2.45, 2.75) is 39.4 Å². The summed E-state index contributed by atoms with van der Waals surface area (Å²) in [5.74, 6) is 0. The molecule has 5 heteroatoms. The van der Waals surface area contributed by atoms with Crippen LogP contribution in [-0.4, -0.2) is 25.8 Å². The Labute approximate surface area is 159 Å². The minimum absolute atomic E-state index is 0.448. The van der Waals surface area contributed by atoms with E-state index in [1.54, 1.807) is 0 Å². The molecule has 4 nitrogen and oxygen atoms in total. The fourth-order valence-electron chi connectivity index (χ4n) is 3.80. The third kappa shape index (κ3) is 3.24. The van der Waals surface area contributed by atoms with Gasteiger partial charge in [0.1, 0.15) is 6.33 Å². The highest BCUT2D eigenvalue weighted by Crippen LogP contribution is 2.32. The summed E-state index contributed by atoms with van der Waals surface area (Å²) in [4.78, 5) is 2.48. The second-order valence-electron chi connectivity index (χ2n) is 7.10. The SMILES string of the molecule is Cc1ccc(C)c(-n2cnn(CN3CCC[C@@H]3c3ccccc3)c2=S)c1. The molecule has 2 aromatic carbocycles. The Hall–Kier alpha value is -2.24. The number of hydrogen-bond donors (Lipinski definition) is 0. The second kappa shape index (κ2) is 7.17. The molecule has 1 aliphatic rings. The van der Waals surface area contributed by atoms with Crippen molar-refractivity contribution in [3.05, 3.63) is 76.3 Å². The highest BCUT2D eigenvalue weighted by Gasteiger charge is 2.26. The number of hydrogen-bond acceptors (Lipinski definition) is 3. The zero-order chi connectivity index (χ0) is 18.1. The van der Waals surface area contributed by atoms with E-state index in [1.165, 1.54) is 29.5 Å². The molecular weight excluding hydrogens is 340 g/mol. The van der Waals surface area contributed by atoms with Gasteiger partial charge in [0.2, 0.25) is 4.77 Å². The normalized spacial score (nSPS) is 17.7. The van der Waals surface area contributed by atoms with Crippen LogP contribution in [-0.2, 0) is 6.67 Å². The van der Waals surface area contributed by atoms with Crippen LogP contribution in [0.1, 0.15) is 35.6 Å². The smallest absolute Gasteiger partial charge is 0.203 e. The zero-order valence-corrected chi connectivity index (χ0v) is 16.1. The molecule has 1 saturated heterocycles. The topological polar surface area (TPSA) is 26.0 Å². The zero-order valence-electron chi connectivity index (χ0n) is 15.3. The Morgan fingerprint density at radius 3 is 2.73 bits per heavy atom. The first-order chi connectivity index (χ1) is 12.6. The number of aryl methyl sites for hydroxylation is 2. The third-order valence-corrected chi connectivity index (χ3v) is 5.63. The fraction of sp³-hybridized carbons (Fsp3) is 0.333. The lowest BCUT2D eigenvalue weighted by Gasteiger charge is -2.24. The first kappa shape index (κ1) is 17.2. The van der Waals surface area contributed by atoms with Crippen molar-refractivity contribution in [3.8, 4) is 5.69 Å². The standard InChI is InChI=1S/C21H24N4S/c1-16-10-11-17(2)20(13-16)24-14-22-25(21(24)26)15-23-12-6-9-19(23)18-7-4-3-5-8-18/h3-5,7-8,10-11,13-14,19H,6,9,12,15H2,1-2H3/t19-/m1/s1. The van der Waals surface area contributed by atoms with Gasteiger partial charge in [0.15, 0.2) is 0 Å². The maximum Gasteiger partial charge on any atom is 0.203 e. The molecule has 1 fully saturated rings. The van der Waals surface area contributed by atoms with Gasteiger partial charge >= 0.3 is 0 Å². The highest BCUT2D eigenvalue weighted by atomic mass is 32.1. The largest absolute Gasteiger partial charge is 0.277 e. The van der Waals surface area contributed by atoms with Gasteiger partial charge < -0.3 is 0 Å². The summed E-state index contributed by atoms with van der Waals surface area (Å²) in [6.45, 7) is 6.03. The quantitative estimate of drug-likeness (QED) is 0.621. The molecule has 26 heavy (non-hydrogen) atoms. The van der Waals surface area contributed by atoms with Crippen LogP contribution in [0.5, 0.6) is 0 Å². The molecule has 0 unspecified atom stereocenters. The van der Waals surface area contributed by atoms with Gasteiger partial charge in [-0.1, -0.05) is 42.5 Å². The number of aromatic nitrogens is 3. The highest BCUT2D eigenvalue weighted by molar-refractivity contribution is 7.71. The van der Waals surface area contributed by atoms with E-state index in [4.69, 9.17) is 12.2 Å². The van der Waals surface area contributed by atoms with E-state index < -0.39 is 0 Å². The number of benzene rings is 2.